The number of aromatic nitrogens is 3. The number of halogens is 3. The van der Waals surface area contributed by atoms with Crippen LogP contribution in [0.2, 0.25) is 5.28 Å². The van der Waals surface area contributed by atoms with Crippen LogP contribution in [-0.4, -0.2) is 15.0 Å². The summed E-state index contributed by atoms with van der Waals surface area (Å²) in [5.74, 6) is 0. The van der Waals surface area contributed by atoms with E-state index in [4.69, 9.17) is 11.6 Å². The summed E-state index contributed by atoms with van der Waals surface area (Å²) in [6, 6.07) is 6.05. The number of hydrogen-bond acceptors (Lipinski definition) is 2. The average Bonchev–Trinajstić information content (AvgIpc) is 2.77. The van der Waals surface area contributed by atoms with Crippen molar-refractivity contribution in [3.63, 3.8) is 0 Å². The van der Waals surface area contributed by atoms with Gasteiger partial charge in [-0.1, -0.05) is 12.1 Å². The molecule has 0 aliphatic rings. The van der Waals surface area contributed by atoms with Gasteiger partial charge in [0.2, 0.25) is 5.28 Å². The van der Waals surface area contributed by atoms with Crippen molar-refractivity contribution >= 4 is 61.0 Å². The molecule has 3 aromatic rings. The lowest BCUT2D eigenvalue weighted by Crippen LogP contribution is -1.90. The van der Waals surface area contributed by atoms with Crippen LogP contribution in [0.25, 0.3) is 22.2 Å². The van der Waals surface area contributed by atoms with Gasteiger partial charge in [0.05, 0.1) is 14.8 Å². The third-order valence-electron chi connectivity index (χ3n) is 2.63. The van der Waals surface area contributed by atoms with Crippen molar-refractivity contribution in [2.45, 2.75) is 0 Å². The third-order valence-corrected chi connectivity index (χ3v) is 4.27. The number of aromatic amines is 1. The van der Waals surface area contributed by atoms with E-state index in [2.05, 4.69) is 59.5 Å². The second-order valence-corrected chi connectivity index (χ2v) is 6.05. The standard InChI is InChI=1S/C12H6BrClIN3/c13-8-3-1-2-6-7(4-16-10(6)8)11-9(15)5-17-12(14)18-11/h1-5,16H. The Bertz CT molecular complexity index is 741. The summed E-state index contributed by atoms with van der Waals surface area (Å²) < 4.78 is 2.00. The molecule has 90 valence electrons. The van der Waals surface area contributed by atoms with Crippen molar-refractivity contribution in [1.82, 2.24) is 15.0 Å². The number of benzene rings is 1. The fourth-order valence-electron chi connectivity index (χ4n) is 1.85. The smallest absolute Gasteiger partial charge is 0.222 e. The van der Waals surface area contributed by atoms with Crippen LogP contribution in [0.3, 0.4) is 0 Å². The quantitative estimate of drug-likeness (QED) is 0.448. The van der Waals surface area contributed by atoms with Crippen LogP contribution >= 0.6 is 50.1 Å². The topological polar surface area (TPSA) is 41.6 Å². The molecule has 1 N–H and O–H groups in total. The minimum Gasteiger partial charge on any atom is -0.360 e. The molecule has 1 aromatic carbocycles. The van der Waals surface area contributed by atoms with E-state index in [0.29, 0.717) is 0 Å². The summed E-state index contributed by atoms with van der Waals surface area (Å²) in [5, 5.41) is 1.37. The predicted octanol–water partition coefficient (Wildman–Crippen LogP) is 4.65. The molecule has 6 heteroatoms. The lowest BCUT2D eigenvalue weighted by Gasteiger charge is -2.02. The van der Waals surface area contributed by atoms with Crippen molar-refractivity contribution in [2.24, 2.45) is 0 Å². The van der Waals surface area contributed by atoms with Crippen molar-refractivity contribution in [1.29, 1.82) is 0 Å². The number of fused-ring (bicyclic) bond motifs is 1. The Morgan fingerprint density at radius 1 is 1.33 bits per heavy atom. The van der Waals surface area contributed by atoms with E-state index in [1.165, 1.54) is 0 Å². The lowest BCUT2D eigenvalue weighted by atomic mass is 10.1. The predicted molar refractivity (Wildman–Crippen MR) is 84.8 cm³/mol. The molecule has 3 rings (SSSR count). The Morgan fingerprint density at radius 2 is 2.17 bits per heavy atom. The Morgan fingerprint density at radius 3 is 3.00 bits per heavy atom. The second-order valence-electron chi connectivity index (χ2n) is 3.70. The fraction of sp³-hybridized carbons (Fsp3) is 0. The van der Waals surface area contributed by atoms with Gasteiger partial charge in [0.15, 0.2) is 0 Å². The molecule has 0 fully saturated rings. The highest BCUT2D eigenvalue weighted by atomic mass is 127. The monoisotopic (exact) mass is 433 g/mol. The Hall–Kier alpha value is -0.660. The van der Waals surface area contributed by atoms with Gasteiger partial charge in [-0.25, -0.2) is 9.97 Å². The van der Waals surface area contributed by atoms with Crippen LogP contribution in [0.5, 0.6) is 0 Å². The maximum Gasteiger partial charge on any atom is 0.222 e. The summed E-state index contributed by atoms with van der Waals surface area (Å²) in [4.78, 5) is 11.5. The first kappa shape index (κ1) is 12.4. The molecule has 0 unspecified atom stereocenters. The molecule has 0 atom stereocenters. The number of para-hydroxylation sites is 1. The van der Waals surface area contributed by atoms with Crippen LogP contribution in [0.15, 0.2) is 35.1 Å². The average molecular weight is 434 g/mol. The SMILES string of the molecule is Clc1ncc(I)c(-c2c[nH]c3c(Br)cccc23)n1. The molecule has 0 aliphatic carbocycles. The van der Waals surface area contributed by atoms with Crippen LogP contribution in [0, 0.1) is 3.57 Å². The van der Waals surface area contributed by atoms with E-state index >= 15 is 0 Å². The van der Waals surface area contributed by atoms with Crippen LogP contribution in [0.4, 0.5) is 0 Å². The van der Waals surface area contributed by atoms with Gasteiger partial charge in [0.25, 0.3) is 0 Å². The number of hydrogen-bond donors (Lipinski definition) is 1. The largest absolute Gasteiger partial charge is 0.360 e. The summed E-state index contributed by atoms with van der Waals surface area (Å²) in [7, 11) is 0. The molecule has 2 aromatic heterocycles. The first-order valence-corrected chi connectivity index (χ1v) is 7.36. The van der Waals surface area contributed by atoms with Crippen molar-refractivity contribution in [3.8, 4) is 11.3 Å². The first-order valence-electron chi connectivity index (χ1n) is 5.11. The zero-order valence-corrected chi connectivity index (χ0v) is 13.4. The minimum absolute atomic E-state index is 0.259. The van der Waals surface area contributed by atoms with E-state index in [-0.39, 0.29) is 5.28 Å². The molecular weight excluding hydrogens is 428 g/mol. The summed E-state index contributed by atoms with van der Waals surface area (Å²) in [6.07, 6.45) is 3.66. The molecular formula is C12H6BrClIN3. The molecule has 3 nitrogen and oxygen atoms in total. The zero-order chi connectivity index (χ0) is 12.7. The minimum atomic E-state index is 0.259. The van der Waals surface area contributed by atoms with Crippen molar-refractivity contribution in [2.75, 3.05) is 0 Å². The van der Waals surface area contributed by atoms with Gasteiger partial charge in [-0.2, -0.15) is 0 Å². The van der Waals surface area contributed by atoms with Gasteiger partial charge in [-0.05, 0) is 56.2 Å². The second kappa shape index (κ2) is 4.79. The highest BCUT2D eigenvalue weighted by molar-refractivity contribution is 14.1. The van der Waals surface area contributed by atoms with Gasteiger partial charge in [0, 0.05) is 27.8 Å². The number of rotatable bonds is 1. The molecule has 18 heavy (non-hydrogen) atoms. The van der Waals surface area contributed by atoms with Gasteiger partial charge < -0.3 is 4.98 Å². The maximum absolute atomic E-state index is 5.87. The molecule has 0 radical (unpaired) electrons. The number of H-pyrrole nitrogens is 1. The van der Waals surface area contributed by atoms with Crippen molar-refractivity contribution in [3.05, 3.63) is 43.9 Å². The van der Waals surface area contributed by atoms with E-state index in [0.717, 1.165) is 30.2 Å². The lowest BCUT2D eigenvalue weighted by molar-refractivity contribution is 1.16. The van der Waals surface area contributed by atoms with Gasteiger partial charge in [0.1, 0.15) is 0 Å². The molecule has 0 bridgehead atoms. The van der Waals surface area contributed by atoms with Crippen molar-refractivity contribution < 1.29 is 0 Å². The molecule has 0 saturated heterocycles. The summed E-state index contributed by atoms with van der Waals surface area (Å²) >= 11 is 11.6. The van der Waals surface area contributed by atoms with Crippen LogP contribution in [0.1, 0.15) is 0 Å². The number of nitrogens with one attached hydrogen (secondary N) is 1. The highest BCUT2D eigenvalue weighted by Gasteiger charge is 2.12. The van der Waals surface area contributed by atoms with E-state index in [9.17, 15) is 0 Å². The Kier molecular flexibility index (Phi) is 3.29. The molecule has 0 amide bonds. The Balaban J connectivity index is 2.32. The fourth-order valence-corrected chi connectivity index (χ4v) is 3.01. The third kappa shape index (κ3) is 2.04. The summed E-state index contributed by atoms with van der Waals surface area (Å²) in [5.41, 5.74) is 2.93. The molecule has 0 aliphatic heterocycles. The normalized spacial score (nSPS) is 11.1. The van der Waals surface area contributed by atoms with Crippen LogP contribution in [-0.2, 0) is 0 Å². The maximum atomic E-state index is 5.87. The van der Waals surface area contributed by atoms with E-state index in [1.54, 1.807) is 6.20 Å². The van der Waals surface area contributed by atoms with E-state index in [1.807, 2.05) is 18.3 Å². The number of nitrogens with zero attached hydrogens (tertiary/aromatic N) is 2. The van der Waals surface area contributed by atoms with Gasteiger partial charge in [-0.15, -0.1) is 0 Å². The highest BCUT2D eigenvalue weighted by Crippen LogP contribution is 2.33. The van der Waals surface area contributed by atoms with E-state index < -0.39 is 0 Å². The summed E-state index contributed by atoms with van der Waals surface area (Å²) in [6.45, 7) is 0. The molecule has 2 heterocycles. The Labute approximate surface area is 130 Å². The molecule has 0 saturated carbocycles. The van der Waals surface area contributed by atoms with Gasteiger partial charge >= 0.3 is 0 Å². The first-order chi connectivity index (χ1) is 8.66. The zero-order valence-electron chi connectivity index (χ0n) is 8.92. The van der Waals surface area contributed by atoms with Gasteiger partial charge in [-0.3, -0.25) is 0 Å². The molecule has 0 spiro atoms. The van der Waals surface area contributed by atoms with Crippen LogP contribution < -0.4 is 0 Å².